The van der Waals surface area contributed by atoms with Gasteiger partial charge in [-0.15, -0.1) is 0 Å². The molecule has 0 N–H and O–H groups in total. The summed E-state index contributed by atoms with van der Waals surface area (Å²) in [6.45, 7) is 2.46. The molecule has 1 aliphatic heterocycles. The van der Waals surface area contributed by atoms with Crippen LogP contribution in [0.3, 0.4) is 0 Å². The molecule has 5 nitrogen and oxygen atoms in total. The second-order valence-electron chi connectivity index (χ2n) is 5.09. The van der Waals surface area contributed by atoms with E-state index < -0.39 is 5.37 Å². The van der Waals surface area contributed by atoms with E-state index in [0.717, 1.165) is 5.69 Å². The van der Waals surface area contributed by atoms with Gasteiger partial charge in [0.25, 0.3) is 5.91 Å². The van der Waals surface area contributed by atoms with Crippen LogP contribution in [0.2, 0.25) is 5.02 Å². The second kappa shape index (κ2) is 6.54. The molecule has 1 aliphatic rings. The van der Waals surface area contributed by atoms with Gasteiger partial charge in [0.05, 0.1) is 10.7 Å². The highest BCUT2D eigenvalue weighted by atomic mass is 35.5. The van der Waals surface area contributed by atoms with Crippen molar-refractivity contribution in [3.05, 3.63) is 28.8 Å². The fourth-order valence-corrected chi connectivity index (χ4v) is 2.75. The summed E-state index contributed by atoms with van der Waals surface area (Å²) >= 11 is 11.8. The van der Waals surface area contributed by atoms with Crippen LogP contribution in [0.5, 0.6) is 0 Å². The van der Waals surface area contributed by atoms with Crippen molar-refractivity contribution in [3.63, 3.8) is 0 Å². The number of hydrogen-bond donors (Lipinski definition) is 0. The van der Waals surface area contributed by atoms with E-state index in [0.29, 0.717) is 36.8 Å². The molecule has 0 aromatic heterocycles. The van der Waals surface area contributed by atoms with Crippen molar-refractivity contribution < 1.29 is 9.59 Å². The Morgan fingerprint density at radius 2 is 1.76 bits per heavy atom. The molecule has 0 atom stereocenters. The van der Waals surface area contributed by atoms with Gasteiger partial charge in [0.2, 0.25) is 0 Å². The molecule has 0 aliphatic carbocycles. The number of rotatable bonds is 2. The lowest BCUT2D eigenvalue weighted by molar-refractivity contribution is 0.0827. The molecule has 1 saturated heterocycles. The van der Waals surface area contributed by atoms with Crippen LogP contribution in [0.4, 0.5) is 10.5 Å². The van der Waals surface area contributed by atoms with Crippen LogP contribution in [0.15, 0.2) is 18.2 Å². The third-order valence-corrected chi connectivity index (χ3v) is 4.01. The Labute approximate surface area is 134 Å². The molecule has 0 saturated carbocycles. The van der Waals surface area contributed by atoms with Crippen LogP contribution < -0.4 is 4.90 Å². The first-order chi connectivity index (χ1) is 9.90. The maximum absolute atomic E-state index is 11.9. The SMILES string of the molecule is CN(C)C(=O)c1ccc(N2CCN(C(=O)Cl)CC2)c(Cl)c1. The normalized spacial score (nSPS) is 15.0. The van der Waals surface area contributed by atoms with Crippen molar-refractivity contribution in [1.82, 2.24) is 9.80 Å². The van der Waals surface area contributed by atoms with Crippen LogP contribution in [-0.4, -0.2) is 61.3 Å². The van der Waals surface area contributed by atoms with Crippen LogP contribution in [0, 0.1) is 0 Å². The summed E-state index contributed by atoms with van der Waals surface area (Å²) in [5, 5.41) is 0.112. The number of hydrogen-bond acceptors (Lipinski definition) is 3. The molecule has 0 bridgehead atoms. The number of carbonyl (C=O) groups is 2. The third kappa shape index (κ3) is 3.60. The number of anilines is 1. The summed E-state index contributed by atoms with van der Waals surface area (Å²) in [5.41, 5.74) is 1.43. The maximum Gasteiger partial charge on any atom is 0.316 e. The van der Waals surface area contributed by atoms with Crippen LogP contribution in [0.1, 0.15) is 10.4 Å². The van der Waals surface area contributed by atoms with Gasteiger partial charge in [-0.05, 0) is 29.8 Å². The van der Waals surface area contributed by atoms with Crippen molar-refractivity contribution >= 4 is 40.2 Å². The Bertz CT molecular complexity index is 555. The molecular formula is C14H17Cl2N3O2. The van der Waals surface area contributed by atoms with E-state index in [1.54, 1.807) is 31.1 Å². The number of piperazine rings is 1. The van der Waals surface area contributed by atoms with Gasteiger partial charge in [-0.1, -0.05) is 11.6 Å². The minimum absolute atomic E-state index is 0.0824. The molecule has 1 aromatic rings. The number of amides is 2. The molecule has 1 aromatic carbocycles. The van der Waals surface area contributed by atoms with Gasteiger partial charge >= 0.3 is 5.37 Å². The zero-order valence-electron chi connectivity index (χ0n) is 12.0. The van der Waals surface area contributed by atoms with Crippen molar-refractivity contribution in [2.75, 3.05) is 45.2 Å². The first-order valence-corrected chi connectivity index (χ1v) is 7.36. The topological polar surface area (TPSA) is 43.9 Å². The standard InChI is InChI=1S/C14H17Cl2N3O2/c1-17(2)13(20)10-3-4-12(11(15)9-10)18-5-7-19(8-6-18)14(16)21/h3-4,9H,5-8H2,1-2H3. The highest BCUT2D eigenvalue weighted by Gasteiger charge is 2.22. The number of benzene rings is 1. The number of halogens is 2. The van der Waals surface area contributed by atoms with E-state index >= 15 is 0 Å². The van der Waals surface area contributed by atoms with E-state index in [9.17, 15) is 9.59 Å². The first kappa shape index (κ1) is 15.9. The molecule has 1 fully saturated rings. The minimum atomic E-state index is -0.423. The third-order valence-electron chi connectivity index (χ3n) is 3.47. The van der Waals surface area contributed by atoms with E-state index in [4.69, 9.17) is 23.2 Å². The Morgan fingerprint density at radius 3 is 2.24 bits per heavy atom. The monoisotopic (exact) mass is 329 g/mol. The van der Waals surface area contributed by atoms with Crippen molar-refractivity contribution in [2.24, 2.45) is 0 Å². The average Bonchev–Trinajstić information content (AvgIpc) is 2.46. The summed E-state index contributed by atoms with van der Waals surface area (Å²) in [4.78, 5) is 28.2. The Hall–Kier alpha value is -1.46. The molecule has 0 spiro atoms. The molecule has 2 rings (SSSR count). The van der Waals surface area contributed by atoms with E-state index in [1.807, 2.05) is 6.07 Å². The smallest absolute Gasteiger partial charge is 0.316 e. The fraction of sp³-hybridized carbons (Fsp3) is 0.429. The zero-order valence-corrected chi connectivity index (χ0v) is 13.5. The van der Waals surface area contributed by atoms with Gasteiger partial charge in [-0.2, -0.15) is 0 Å². The molecule has 21 heavy (non-hydrogen) atoms. The quantitative estimate of drug-likeness (QED) is 0.618. The molecule has 0 unspecified atom stereocenters. The summed E-state index contributed by atoms with van der Waals surface area (Å²) in [7, 11) is 3.40. The van der Waals surface area contributed by atoms with Gasteiger partial charge in [-0.25, -0.2) is 0 Å². The van der Waals surface area contributed by atoms with Crippen LogP contribution in [0.25, 0.3) is 0 Å². The Morgan fingerprint density at radius 1 is 1.14 bits per heavy atom. The molecule has 1 heterocycles. The second-order valence-corrected chi connectivity index (χ2v) is 5.82. The first-order valence-electron chi connectivity index (χ1n) is 6.60. The molecular weight excluding hydrogens is 313 g/mol. The van der Waals surface area contributed by atoms with Crippen molar-refractivity contribution in [2.45, 2.75) is 0 Å². The van der Waals surface area contributed by atoms with Gasteiger partial charge in [0.1, 0.15) is 0 Å². The highest BCUT2D eigenvalue weighted by molar-refractivity contribution is 6.62. The fourth-order valence-electron chi connectivity index (χ4n) is 2.28. The van der Waals surface area contributed by atoms with Gasteiger partial charge in [-0.3, -0.25) is 9.59 Å². The maximum atomic E-state index is 11.9. The van der Waals surface area contributed by atoms with Gasteiger partial charge in [0, 0.05) is 45.8 Å². The number of carbonyl (C=O) groups excluding carboxylic acids is 2. The van der Waals surface area contributed by atoms with E-state index in [-0.39, 0.29) is 5.91 Å². The minimum Gasteiger partial charge on any atom is -0.367 e. The molecule has 0 radical (unpaired) electrons. The summed E-state index contributed by atoms with van der Waals surface area (Å²) in [6, 6.07) is 5.29. The zero-order chi connectivity index (χ0) is 15.6. The van der Waals surface area contributed by atoms with E-state index in [1.165, 1.54) is 4.90 Å². The van der Waals surface area contributed by atoms with Crippen LogP contribution in [-0.2, 0) is 0 Å². The van der Waals surface area contributed by atoms with Crippen molar-refractivity contribution in [1.29, 1.82) is 0 Å². The van der Waals surface area contributed by atoms with Gasteiger partial charge < -0.3 is 14.7 Å². The lowest BCUT2D eigenvalue weighted by atomic mass is 10.1. The summed E-state index contributed by atoms with van der Waals surface area (Å²) in [5.74, 6) is -0.0824. The largest absolute Gasteiger partial charge is 0.367 e. The molecule has 7 heteroatoms. The highest BCUT2D eigenvalue weighted by Crippen LogP contribution is 2.28. The van der Waals surface area contributed by atoms with Crippen LogP contribution >= 0.6 is 23.2 Å². The predicted molar refractivity (Wildman–Crippen MR) is 84.5 cm³/mol. The Kier molecular flexibility index (Phi) is 4.96. The average molecular weight is 330 g/mol. The number of nitrogens with zero attached hydrogens (tertiary/aromatic N) is 3. The lowest BCUT2D eigenvalue weighted by Crippen LogP contribution is -2.47. The molecule has 2 amide bonds. The molecule has 114 valence electrons. The Balaban J connectivity index is 2.12. The summed E-state index contributed by atoms with van der Waals surface area (Å²) < 4.78 is 0. The lowest BCUT2D eigenvalue weighted by Gasteiger charge is -2.35. The van der Waals surface area contributed by atoms with Crippen molar-refractivity contribution in [3.8, 4) is 0 Å². The predicted octanol–water partition coefficient (Wildman–Crippen LogP) is 2.52. The summed E-state index contributed by atoms with van der Waals surface area (Å²) in [6.07, 6.45) is 0. The van der Waals surface area contributed by atoms with Gasteiger partial charge in [0.15, 0.2) is 0 Å². The van der Waals surface area contributed by atoms with E-state index in [2.05, 4.69) is 4.90 Å².